The van der Waals surface area contributed by atoms with Gasteiger partial charge in [-0.15, -0.1) is 0 Å². The Morgan fingerprint density at radius 1 is 1.08 bits per heavy atom. The molecule has 0 saturated carbocycles. The molecule has 1 N–H and O–H groups in total. The summed E-state index contributed by atoms with van der Waals surface area (Å²) in [5.74, 6) is 0.444. The van der Waals surface area contributed by atoms with Crippen molar-refractivity contribution in [2.75, 3.05) is 11.9 Å². The zero-order chi connectivity index (χ0) is 17.4. The van der Waals surface area contributed by atoms with Crippen LogP contribution in [0.2, 0.25) is 0 Å². The van der Waals surface area contributed by atoms with E-state index in [1.807, 2.05) is 6.07 Å². The smallest absolute Gasteiger partial charge is 0.215 e. The summed E-state index contributed by atoms with van der Waals surface area (Å²) in [6, 6.07) is 9.44. The van der Waals surface area contributed by atoms with E-state index in [2.05, 4.69) is 42.3 Å². The quantitative estimate of drug-likeness (QED) is 0.493. The minimum absolute atomic E-state index is 0.464. The molecule has 1 aromatic carbocycles. The molecule has 0 amide bonds. The van der Waals surface area contributed by atoms with E-state index in [4.69, 9.17) is 4.74 Å². The van der Waals surface area contributed by atoms with Gasteiger partial charge in [0.25, 0.3) is 0 Å². The first-order chi connectivity index (χ1) is 11.6. The number of nitrogens with zero attached hydrogens (tertiary/aromatic N) is 1. The van der Waals surface area contributed by atoms with Crippen molar-refractivity contribution in [2.45, 2.75) is 53.0 Å². The lowest BCUT2D eigenvalue weighted by Crippen LogP contribution is -2.05. The zero-order valence-electron chi connectivity index (χ0n) is 14.9. The summed E-state index contributed by atoms with van der Waals surface area (Å²) in [4.78, 5) is 3.75. The van der Waals surface area contributed by atoms with Crippen LogP contribution in [0.25, 0.3) is 0 Å². The molecular weight excluding hydrogens is 303 g/mol. The first-order valence-electron chi connectivity index (χ1n) is 8.69. The molecule has 1 heterocycles. The van der Waals surface area contributed by atoms with E-state index in [9.17, 15) is 4.39 Å². The molecule has 4 heteroatoms. The van der Waals surface area contributed by atoms with Crippen LogP contribution >= 0.6 is 0 Å². The van der Waals surface area contributed by atoms with Crippen LogP contribution in [0.1, 0.15) is 49.4 Å². The number of anilines is 1. The van der Waals surface area contributed by atoms with Crippen LogP contribution in [0.3, 0.4) is 0 Å². The summed E-state index contributed by atoms with van der Waals surface area (Å²) in [5.41, 5.74) is 3.64. The van der Waals surface area contributed by atoms with E-state index < -0.39 is 5.95 Å². The minimum Gasteiger partial charge on any atom is -0.493 e. The lowest BCUT2D eigenvalue weighted by Gasteiger charge is -2.14. The van der Waals surface area contributed by atoms with Gasteiger partial charge in [0.15, 0.2) is 0 Å². The molecule has 0 atom stereocenters. The van der Waals surface area contributed by atoms with Crippen molar-refractivity contribution in [3.8, 4) is 5.75 Å². The van der Waals surface area contributed by atoms with E-state index in [-0.39, 0.29) is 0 Å². The third-order valence-electron chi connectivity index (χ3n) is 3.88. The Labute approximate surface area is 144 Å². The molecule has 0 saturated heterocycles. The van der Waals surface area contributed by atoms with Gasteiger partial charge in [-0.3, -0.25) is 0 Å². The van der Waals surface area contributed by atoms with Gasteiger partial charge in [0.1, 0.15) is 5.75 Å². The second kappa shape index (κ2) is 9.26. The van der Waals surface area contributed by atoms with Gasteiger partial charge in [0.2, 0.25) is 5.95 Å². The fourth-order valence-electron chi connectivity index (χ4n) is 2.58. The third kappa shape index (κ3) is 5.84. The number of nitrogens with one attached hydrogen (secondary N) is 1. The third-order valence-corrected chi connectivity index (χ3v) is 3.88. The van der Waals surface area contributed by atoms with Crippen molar-refractivity contribution in [3.63, 3.8) is 0 Å². The summed E-state index contributed by atoms with van der Waals surface area (Å²) < 4.78 is 19.4. The van der Waals surface area contributed by atoms with Gasteiger partial charge in [-0.25, -0.2) is 4.98 Å². The first-order valence-corrected chi connectivity index (χ1v) is 8.69. The molecule has 0 fully saturated rings. The van der Waals surface area contributed by atoms with Crippen molar-refractivity contribution < 1.29 is 9.13 Å². The highest BCUT2D eigenvalue weighted by molar-refractivity contribution is 5.46. The Kier molecular flexibility index (Phi) is 7.04. The van der Waals surface area contributed by atoms with Crippen LogP contribution in [-0.4, -0.2) is 11.6 Å². The van der Waals surface area contributed by atoms with Crippen molar-refractivity contribution in [3.05, 3.63) is 53.1 Å². The average Bonchev–Trinajstić information content (AvgIpc) is 2.53. The standard InChI is InChI=1S/C20H27FN2O/c1-4-5-6-7-10-24-19-11-15(2)8-9-17(19)14-22-18-12-16(3)23-20(21)13-18/h8-9,11-13H,4-7,10,14H2,1-3H3,(H,22,23). The van der Waals surface area contributed by atoms with Crippen LogP contribution in [0.15, 0.2) is 30.3 Å². The van der Waals surface area contributed by atoms with Gasteiger partial charge in [-0.2, -0.15) is 4.39 Å². The molecular formula is C20H27FN2O. The molecule has 3 nitrogen and oxygen atoms in total. The van der Waals surface area contributed by atoms with Gasteiger partial charge in [-0.1, -0.05) is 38.3 Å². The van der Waals surface area contributed by atoms with Crippen LogP contribution in [0.4, 0.5) is 10.1 Å². The number of aryl methyl sites for hydroxylation is 2. The van der Waals surface area contributed by atoms with Gasteiger partial charge in [-0.05, 0) is 38.0 Å². The van der Waals surface area contributed by atoms with E-state index in [0.717, 1.165) is 30.0 Å². The first kappa shape index (κ1) is 18.2. The summed E-state index contributed by atoms with van der Waals surface area (Å²) in [6.07, 6.45) is 4.74. The fourth-order valence-corrected chi connectivity index (χ4v) is 2.58. The Bertz CT molecular complexity index is 638. The molecule has 130 valence electrons. The molecule has 0 aliphatic rings. The molecule has 0 unspecified atom stereocenters. The second-order valence-electron chi connectivity index (χ2n) is 6.19. The number of hydrogen-bond acceptors (Lipinski definition) is 3. The Hall–Kier alpha value is -2.10. The van der Waals surface area contributed by atoms with Gasteiger partial charge < -0.3 is 10.1 Å². The van der Waals surface area contributed by atoms with E-state index >= 15 is 0 Å². The molecule has 2 aromatic rings. The number of hydrogen-bond donors (Lipinski definition) is 1. The number of rotatable bonds is 9. The van der Waals surface area contributed by atoms with Crippen molar-refractivity contribution >= 4 is 5.69 Å². The molecule has 0 aliphatic carbocycles. The van der Waals surface area contributed by atoms with E-state index in [0.29, 0.717) is 12.2 Å². The summed E-state index contributed by atoms with van der Waals surface area (Å²) in [6.45, 7) is 7.37. The molecule has 0 spiro atoms. The normalized spacial score (nSPS) is 10.7. The largest absolute Gasteiger partial charge is 0.493 e. The van der Waals surface area contributed by atoms with E-state index in [1.165, 1.54) is 30.9 Å². The molecule has 1 aromatic heterocycles. The lowest BCUT2D eigenvalue weighted by atomic mass is 10.1. The maximum atomic E-state index is 13.4. The number of pyridine rings is 1. The van der Waals surface area contributed by atoms with E-state index in [1.54, 1.807) is 6.92 Å². The molecule has 24 heavy (non-hydrogen) atoms. The Morgan fingerprint density at radius 2 is 1.92 bits per heavy atom. The van der Waals surface area contributed by atoms with Gasteiger partial charge in [0, 0.05) is 29.6 Å². The Balaban J connectivity index is 1.98. The number of ether oxygens (including phenoxy) is 1. The zero-order valence-corrected chi connectivity index (χ0v) is 14.9. The average molecular weight is 330 g/mol. The topological polar surface area (TPSA) is 34.1 Å². The number of benzene rings is 1. The van der Waals surface area contributed by atoms with Crippen LogP contribution in [0, 0.1) is 19.8 Å². The van der Waals surface area contributed by atoms with Crippen molar-refractivity contribution in [2.24, 2.45) is 0 Å². The second-order valence-corrected chi connectivity index (χ2v) is 6.19. The minimum atomic E-state index is -0.464. The monoisotopic (exact) mass is 330 g/mol. The SMILES string of the molecule is CCCCCCOc1cc(C)ccc1CNc1cc(C)nc(F)c1. The highest BCUT2D eigenvalue weighted by Gasteiger charge is 2.06. The highest BCUT2D eigenvalue weighted by atomic mass is 19.1. The van der Waals surface area contributed by atoms with Gasteiger partial charge in [0.05, 0.1) is 6.61 Å². The highest BCUT2D eigenvalue weighted by Crippen LogP contribution is 2.22. The van der Waals surface area contributed by atoms with Gasteiger partial charge >= 0.3 is 0 Å². The number of halogens is 1. The maximum absolute atomic E-state index is 13.4. The summed E-state index contributed by atoms with van der Waals surface area (Å²) in [5, 5.41) is 3.25. The predicted octanol–water partition coefficient (Wildman–Crippen LogP) is 5.41. The fraction of sp³-hybridized carbons (Fsp3) is 0.450. The number of aromatic nitrogens is 1. The van der Waals surface area contributed by atoms with Crippen LogP contribution in [-0.2, 0) is 6.54 Å². The lowest BCUT2D eigenvalue weighted by molar-refractivity contribution is 0.302. The van der Waals surface area contributed by atoms with Crippen molar-refractivity contribution in [1.29, 1.82) is 0 Å². The maximum Gasteiger partial charge on any atom is 0.215 e. The molecule has 2 rings (SSSR count). The van der Waals surface area contributed by atoms with Crippen LogP contribution < -0.4 is 10.1 Å². The van der Waals surface area contributed by atoms with Crippen LogP contribution in [0.5, 0.6) is 5.75 Å². The predicted molar refractivity (Wildman–Crippen MR) is 97.1 cm³/mol. The molecule has 0 aliphatic heterocycles. The van der Waals surface area contributed by atoms with Crippen molar-refractivity contribution in [1.82, 2.24) is 4.98 Å². The number of unbranched alkanes of at least 4 members (excludes halogenated alkanes) is 3. The Morgan fingerprint density at radius 3 is 2.67 bits per heavy atom. The summed E-state index contributed by atoms with van der Waals surface area (Å²) in [7, 11) is 0. The molecule has 0 bridgehead atoms. The molecule has 0 radical (unpaired) electrons. The summed E-state index contributed by atoms with van der Waals surface area (Å²) >= 11 is 0.